The smallest absolute Gasteiger partial charge is 0.263 e. The molecule has 6 nitrogen and oxygen atoms in total. The van der Waals surface area contributed by atoms with Gasteiger partial charge in [0.2, 0.25) is 5.78 Å². The quantitative estimate of drug-likeness (QED) is 0.610. The first kappa shape index (κ1) is 19.6. The highest BCUT2D eigenvalue weighted by Crippen LogP contribution is 2.35. The number of rotatable bonds is 5. The third-order valence-corrected chi connectivity index (χ3v) is 4.55. The highest BCUT2D eigenvalue weighted by molar-refractivity contribution is 6.32. The zero-order chi connectivity index (χ0) is 21.1. The van der Waals surface area contributed by atoms with Crippen LogP contribution in [0.4, 0.5) is 10.2 Å². The number of nitrogens with zero attached hydrogens (tertiary/aromatic N) is 1. The van der Waals surface area contributed by atoms with E-state index in [0.717, 1.165) is 0 Å². The average molecular weight is 425 g/mol. The summed E-state index contributed by atoms with van der Waals surface area (Å²) < 4.78 is 25.0. The maximum absolute atomic E-state index is 14.0. The molecule has 0 unspecified atom stereocenters. The number of nitrogens with one attached hydrogen (secondary N) is 1. The van der Waals surface area contributed by atoms with Crippen molar-refractivity contribution < 1.29 is 23.5 Å². The van der Waals surface area contributed by atoms with Crippen LogP contribution in [0.2, 0.25) is 5.02 Å². The average Bonchev–Trinajstić information content (AvgIpc) is 3.05. The fourth-order valence-electron chi connectivity index (χ4n) is 2.80. The lowest BCUT2D eigenvalue weighted by Gasteiger charge is -2.07. The van der Waals surface area contributed by atoms with Crippen LogP contribution in [0.1, 0.15) is 15.9 Å². The normalized spacial score (nSPS) is 13.7. The van der Waals surface area contributed by atoms with Gasteiger partial charge in [0.1, 0.15) is 23.1 Å². The molecule has 30 heavy (non-hydrogen) atoms. The summed E-state index contributed by atoms with van der Waals surface area (Å²) in [6.45, 7) is -0.253. The van der Waals surface area contributed by atoms with Gasteiger partial charge < -0.3 is 14.8 Å². The third kappa shape index (κ3) is 4.16. The molecule has 0 spiro atoms. The number of aromatic nitrogens is 1. The van der Waals surface area contributed by atoms with Crippen molar-refractivity contribution in [2.24, 2.45) is 0 Å². The van der Waals surface area contributed by atoms with Crippen LogP contribution < -0.4 is 14.8 Å². The molecule has 1 N–H and O–H groups in total. The van der Waals surface area contributed by atoms with E-state index in [-0.39, 0.29) is 34.6 Å². The zero-order valence-electron chi connectivity index (χ0n) is 15.4. The van der Waals surface area contributed by atoms with E-state index in [1.54, 1.807) is 30.5 Å². The number of amides is 1. The molecule has 0 aliphatic carbocycles. The standard InChI is InChI=1S/C22H14ClFN2O4/c23-16-4-3-5-17(24)15(16)11-19-22(28)14-8-7-13(10-18(14)30-19)29-12-21(27)26-20-6-1-2-9-25-20/h1-11H,12H2,(H,25,26,27). The molecule has 0 saturated carbocycles. The van der Waals surface area contributed by atoms with E-state index in [4.69, 9.17) is 21.1 Å². The van der Waals surface area contributed by atoms with Crippen LogP contribution in [0.3, 0.4) is 0 Å². The van der Waals surface area contributed by atoms with Crippen LogP contribution in [0.5, 0.6) is 11.5 Å². The molecule has 0 fully saturated rings. The minimum absolute atomic E-state index is 0.0537. The number of fused-ring (bicyclic) bond motifs is 1. The molecule has 0 saturated heterocycles. The molecule has 0 radical (unpaired) electrons. The highest BCUT2D eigenvalue weighted by atomic mass is 35.5. The van der Waals surface area contributed by atoms with E-state index in [1.807, 2.05) is 0 Å². The van der Waals surface area contributed by atoms with Crippen molar-refractivity contribution in [1.29, 1.82) is 0 Å². The summed E-state index contributed by atoms with van der Waals surface area (Å²) in [6.07, 6.45) is 2.83. The lowest BCUT2D eigenvalue weighted by atomic mass is 10.1. The van der Waals surface area contributed by atoms with Crippen molar-refractivity contribution in [3.63, 3.8) is 0 Å². The second-order valence-electron chi connectivity index (χ2n) is 6.28. The van der Waals surface area contributed by atoms with Crippen LogP contribution in [0.25, 0.3) is 6.08 Å². The number of pyridine rings is 1. The van der Waals surface area contributed by atoms with Crippen LogP contribution in [-0.4, -0.2) is 23.3 Å². The summed E-state index contributed by atoms with van der Waals surface area (Å²) in [6, 6.07) is 13.9. The molecule has 2 aromatic carbocycles. The molecule has 1 aliphatic heterocycles. The van der Waals surface area contributed by atoms with Gasteiger partial charge in [-0.2, -0.15) is 0 Å². The van der Waals surface area contributed by atoms with E-state index in [1.165, 1.54) is 36.4 Å². The molecule has 0 atom stereocenters. The topological polar surface area (TPSA) is 77.5 Å². The maximum Gasteiger partial charge on any atom is 0.263 e. The molecule has 150 valence electrons. The minimum atomic E-state index is -0.565. The molecule has 8 heteroatoms. The summed E-state index contributed by atoms with van der Waals surface area (Å²) in [5.41, 5.74) is 0.372. The van der Waals surface area contributed by atoms with Gasteiger partial charge >= 0.3 is 0 Å². The number of allylic oxidation sites excluding steroid dienone is 1. The molecular formula is C22H14ClFN2O4. The number of halogens is 2. The first-order valence-corrected chi connectivity index (χ1v) is 9.25. The van der Waals surface area contributed by atoms with Gasteiger partial charge in [-0.1, -0.05) is 23.7 Å². The second kappa shape index (κ2) is 8.34. The monoisotopic (exact) mass is 424 g/mol. The lowest BCUT2D eigenvalue weighted by molar-refractivity contribution is -0.118. The third-order valence-electron chi connectivity index (χ3n) is 4.22. The first-order valence-electron chi connectivity index (χ1n) is 8.87. The Morgan fingerprint density at radius 2 is 2.07 bits per heavy atom. The Hall–Kier alpha value is -3.71. The predicted molar refractivity (Wildman–Crippen MR) is 109 cm³/mol. The SMILES string of the molecule is O=C(COc1ccc2c(c1)OC(=Cc1c(F)cccc1Cl)C2=O)Nc1ccccn1. The fourth-order valence-corrected chi connectivity index (χ4v) is 3.02. The summed E-state index contributed by atoms with van der Waals surface area (Å²) in [5, 5.41) is 2.76. The molecule has 4 rings (SSSR count). The van der Waals surface area contributed by atoms with Crippen LogP contribution in [0, 0.1) is 5.82 Å². The predicted octanol–water partition coefficient (Wildman–Crippen LogP) is 4.51. The van der Waals surface area contributed by atoms with E-state index >= 15 is 0 Å². The minimum Gasteiger partial charge on any atom is -0.484 e. The Bertz CT molecular complexity index is 1140. The van der Waals surface area contributed by atoms with E-state index in [2.05, 4.69) is 10.3 Å². The molecule has 0 bridgehead atoms. The van der Waals surface area contributed by atoms with E-state index in [9.17, 15) is 14.0 Å². The number of benzene rings is 2. The summed E-state index contributed by atoms with van der Waals surface area (Å²) >= 11 is 6.01. The van der Waals surface area contributed by atoms with Crippen molar-refractivity contribution in [2.45, 2.75) is 0 Å². The summed E-state index contributed by atoms with van der Waals surface area (Å²) in [5.74, 6) is -0.406. The van der Waals surface area contributed by atoms with Gasteiger partial charge in [0.05, 0.1) is 10.6 Å². The van der Waals surface area contributed by atoms with Gasteiger partial charge in [0.15, 0.2) is 12.4 Å². The molecule has 1 amide bonds. The number of carbonyl (C=O) groups is 2. The van der Waals surface area contributed by atoms with Gasteiger partial charge in [0, 0.05) is 17.8 Å². The zero-order valence-corrected chi connectivity index (χ0v) is 16.2. The maximum atomic E-state index is 14.0. The number of hydrogen-bond donors (Lipinski definition) is 1. The van der Waals surface area contributed by atoms with Gasteiger partial charge in [-0.25, -0.2) is 9.37 Å². The Morgan fingerprint density at radius 3 is 2.83 bits per heavy atom. The lowest BCUT2D eigenvalue weighted by Crippen LogP contribution is -2.20. The van der Waals surface area contributed by atoms with Crippen LogP contribution in [-0.2, 0) is 4.79 Å². The van der Waals surface area contributed by atoms with Crippen molar-refractivity contribution in [3.05, 3.63) is 88.5 Å². The van der Waals surface area contributed by atoms with Gasteiger partial charge in [0.25, 0.3) is 5.91 Å². The van der Waals surface area contributed by atoms with E-state index in [0.29, 0.717) is 17.1 Å². The second-order valence-corrected chi connectivity index (χ2v) is 6.69. The highest BCUT2D eigenvalue weighted by Gasteiger charge is 2.28. The van der Waals surface area contributed by atoms with Gasteiger partial charge in [-0.15, -0.1) is 0 Å². The Labute approximate surface area is 175 Å². The summed E-state index contributed by atoms with van der Waals surface area (Å²) in [4.78, 5) is 28.5. The number of ether oxygens (including phenoxy) is 2. The van der Waals surface area contributed by atoms with Crippen LogP contribution >= 0.6 is 11.6 Å². The summed E-state index contributed by atoms with van der Waals surface area (Å²) in [7, 11) is 0. The molecule has 1 aromatic heterocycles. The number of hydrogen-bond acceptors (Lipinski definition) is 5. The number of anilines is 1. The van der Waals surface area contributed by atoms with Crippen molar-refractivity contribution >= 4 is 35.2 Å². The Balaban J connectivity index is 1.46. The Morgan fingerprint density at radius 1 is 1.20 bits per heavy atom. The fraction of sp³-hybridized carbons (Fsp3) is 0.0455. The van der Waals surface area contributed by atoms with Gasteiger partial charge in [-0.05, 0) is 42.5 Å². The van der Waals surface area contributed by atoms with Crippen molar-refractivity contribution in [1.82, 2.24) is 4.98 Å². The van der Waals surface area contributed by atoms with Crippen molar-refractivity contribution in [2.75, 3.05) is 11.9 Å². The number of Topliss-reactive ketones (excluding diaryl/α,β-unsaturated/α-hetero) is 1. The van der Waals surface area contributed by atoms with Crippen LogP contribution in [0.15, 0.2) is 66.6 Å². The van der Waals surface area contributed by atoms with Gasteiger partial charge in [-0.3, -0.25) is 9.59 Å². The molecule has 1 aliphatic rings. The first-order chi connectivity index (χ1) is 14.5. The molecule has 3 aromatic rings. The largest absolute Gasteiger partial charge is 0.484 e. The van der Waals surface area contributed by atoms with E-state index < -0.39 is 11.6 Å². The molecular weight excluding hydrogens is 411 g/mol. The van der Waals surface area contributed by atoms with Crippen molar-refractivity contribution in [3.8, 4) is 11.5 Å². The molecule has 2 heterocycles. The Kier molecular flexibility index (Phi) is 5.45. The number of carbonyl (C=O) groups excluding carboxylic acids is 2. The number of ketones is 1.